The van der Waals surface area contributed by atoms with Gasteiger partial charge in [0.1, 0.15) is 5.41 Å². The number of aromatic amines is 1. The third-order valence-electron chi connectivity index (χ3n) is 3.56. The van der Waals surface area contributed by atoms with E-state index < -0.39 is 23.1 Å². The molecule has 0 amide bonds. The van der Waals surface area contributed by atoms with Crippen molar-refractivity contribution in [2.24, 2.45) is 5.41 Å². The lowest BCUT2D eigenvalue weighted by Gasteiger charge is -2.27. The predicted octanol–water partition coefficient (Wildman–Crippen LogP) is 0.952. The lowest BCUT2D eigenvalue weighted by Crippen LogP contribution is -2.39. The molecule has 8 heteroatoms. The summed E-state index contributed by atoms with van der Waals surface area (Å²) < 4.78 is 0. The number of aliphatic hydroxyl groups is 1. The first kappa shape index (κ1) is 19.3. The molecule has 1 unspecified atom stereocenters. The maximum absolute atomic E-state index is 11.4. The van der Waals surface area contributed by atoms with Crippen LogP contribution in [0, 0.1) is 5.41 Å². The Labute approximate surface area is 138 Å². The van der Waals surface area contributed by atoms with Crippen LogP contribution in [0.3, 0.4) is 0 Å². The minimum atomic E-state index is -1.73. The molecule has 1 heterocycles. The lowest BCUT2D eigenvalue weighted by atomic mass is 9.73. The van der Waals surface area contributed by atoms with Crippen LogP contribution in [0.25, 0.3) is 0 Å². The van der Waals surface area contributed by atoms with Crippen LogP contribution >= 0.6 is 0 Å². The Morgan fingerprint density at radius 2 is 2.00 bits per heavy atom. The van der Waals surface area contributed by atoms with Crippen LogP contribution in [0.4, 0.5) is 0 Å². The number of aromatic nitrogens is 2. The molecule has 1 aliphatic rings. The van der Waals surface area contributed by atoms with Gasteiger partial charge in [0.05, 0.1) is 5.69 Å². The molecular formula is C16H20N2O6. The highest BCUT2D eigenvalue weighted by Gasteiger charge is 2.44. The van der Waals surface area contributed by atoms with Crippen LogP contribution < -0.4 is 0 Å². The van der Waals surface area contributed by atoms with Crippen molar-refractivity contribution in [3.8, 4) is 0 Å². The van der Waals surface area contributed by atoms with E-state index in [1.165, 1.54) is 12.2 Å². The van der Waals surface area contributed by atoms with Gasteiger partial charge in [0.25, 0.3) is 0 Å². The summed E-state index contributed by atoms with van der Waals surface area (Å²) in [4.78, 5) is 33.4. The smallest absolute Gasteiger partial charge is 0.331 e. The van der Waals surface area contributed by atoms with Gasteiger partial charge in [0.2, 0.25) is 0 Å². The summed E-state index contributed by atoms with van der Waals surface area (Å²) >= 11 is 0. The van der Waals surface area contributed by atoms with E-state index in [-0.39, 0.29) is 18.6 Å². The van der Waals surface area contributed by atoms with Crippen molar-refractivity contribution < 1.29 is 29.7 Å². The summed E-state index contributed by atoms with van der Waals surface area (Å²) in [6.45, 7) is 2.90. The fourth-order valence-electron chi connectivity index (χ4n) is 2.30. The molecule has 2 rings (SSSR count). The van der Waals surface area contributed by atoms with E-state index in [2.05, 4.69) is 10.2 Å². The first-order valence-electron chi connectivity index (χ1n) is 7.20. The molecule has 0 radical (unpaired) electrons. The number of hydrogen-bond acceptors (Lipinski definition) is 5. The maximum Gasteiger partial charge on any atom is 0.331 e. The normalized spacial score (nSPS) is 19.5. The molecule has 1 atom stereocenters. The van der Waals surface area contributed by atoms with E-state index in [1.807, 2.05) is 6.07 Å². The quantitative estimate of drug-likeness (QED) is 0.587. The van der Waals surface area contributed by atoms with Crippen LogP contribution in [-0.2, 0) is 20.8 Å². The van der Waals surface area contributed by atoms with E-state index >= 15 is 0 Å². The number of Topliss-reactive ketones (excluding diaryl/α,β-unsaturated/α-hetero) is 1. The molecular weight excluding hydrogens is 316 g/mol. The molecule has 0 spiro atoms. The minimum Gasteiger partial charge on any atom is -0.480 e. The van der Waals surface area contributed by atoms with Crippen LogP contribution in [0.2, 0.25) is 0 Å². The number of carbonyl (C=O) groups excluding carboxylic acids is 1. The second-order valence-corrected chi connectivity index (χ2v) is 5.41. The van der Waals surface area contributed by atoms with Crippen LogP contribution in [0.5, 0.6) is 0 Å². The van der Waals surface area contributed by atoms with Gasteiger partial charge in [-0.05, 0) is 26.0 Å². The highest BCUT2D eigenvalue weighted by Crippen LogP contribution is 2.35. The van der Waals surface area contributed by atoms with Gasteiger partial charge in [-0.1, -0.05) is 11.6 Å². The summed E-state index contributed by atoms with van der Waals surface area (Å²) in [6, 6.07) is 1.84. The fraction of sp³-hybridized carbons (Fsp3) is 0.375. The molecule has 0 saturated heterocycles. The molecule has 0 bridgehead atoms. The summed E-state index contributed by atoms with van der Waals surface area (Å²) in [5, 5.41) is 32.8. The Morgan fingerprint density at radius 3 is 2.42 bits per heavy atom. The standard InChI is InChI=1S/C11H12O5.C5H8N2O/c1-6-3-8(9(13)14)5-11(4-6,7(2)12)10(15)16;8-4-2-5-1-3-6-7-5/h3-4H,5H2,1-2H3,(H,13,14)(H,15,16);1,3,8H,2,4H2,(H,6,7). The number of ketones is 1. The summed E-state index contributed by atoms with van der Waals surface area (Å²) in [5.41, 5.74) is -0.404. The van der Waals surface area contributed by atoms with Gasteiger partial charge in [0.15, 0.2) is 5.78 Å². The predicted molar refractivity (Wildman–Crippen MR) is 84.2 cm³/mol. The van der Waals surface area contributed by atoms with Gasteiger partial charge in [-0.25, -0.2) is 4.79 Å². The number of allylic oxidation sites excluding steroid dienone is 2. The third-order valence-corrected chi connectivity index (χ3v) is 3.56. The minimum absolute atomic E-state index is 0.0578. The van der Waals surface area contributed by atoms with Gasteiger partial charge >= 0.3 is 11.9 Å². The van der Waals surface area contributed by atoms with Gasteiger partial charge in [-0.15, -0.1) is 0 Å². The number of carboxylic acid groups (broad SMARTS) is 2. The van der Waals surface area contributed by atoms with Crippen LogP contribution in [-0.4, -0.2) is 49.8 Å². The first-order chi connectivity index (χ1) is 11.2. The third kappa shape index (κ3) is 4.63. The summed E-state index contributed by atoms with van der Waals surface area (Å²) in [7, 11) is 0. The topological polar surface area (TPSA) is 141 Å². The molecule has 0 aromatic carbocycles. The molecule has 24 heavy (non-hydrogen) atoms. The monoisotopic (exact) mass is 336 g/mol. The van der Waals surface area contributed by atoms with Gasteiger partial charge in [-0.2, -0.15) is 5.10 Å². The number of carboxylic acids is 2. The van der Waals surface area contributed by atoms with Crippen molar-refractivity contribution in [3.63, 3.8) is 0 Å². The highest BCUT2D eigenvalue weighted by atomic mass is 16.4. The number of rotatable bonds is 5. The zero-order valence-electron chi connectivity index (χ0n) is 13.4. The highest BCUT2D eigenvalue weighted by molar-refractivity contribution is 6.06. The Bertz CT molecular complexity index is 659. The molecule has 8 nitrogen and oxygen atoms in total. The number of nitrogens with one attached hydrogen (secondary N) is 1. The molecule has 130 valence electrons. The Hall–Kier alpha value is -2.74. The number of aliphatic hydroxyl groups excluding tert-OH is 1. The molecule has 4 N–H and O–H groups in total. The molecule has 1 aromatic heterocycles. The second-order valence-electron chi connectivity index (χ2n) is 5.41. The molecule has 0 aliphatic heterocycles. The van der Waals surface area contributed by atoms with Crippen molar-refractivity contribution in [1.29, 1.82) is 0 Å². The van der Waals surface area contributed by atoms with Crippen molar-refractivity contribution in [1.82, 2.24) is 10.2 Å². The zero-order chi connectivity index (χ0) is 18.3. The van der Waals surface area contributed by atoms with E-state index in [9.17, 15) is 14.4 Å². The number of nitrogens with zero attached hydrogens (tertiary/aromatic N) is 1. The number of H-pyrrole nitrogens is 1. The van der Waals surface area contributed by atoms with Crippen molar-refractivity contribution in [3.05, 3.63) is 41.3 Å². The van der Waals surface area contributed by atoms with Crippen molar-refractivity contribution in [2.75, 3.05) is 6.61 Å². The van der Waals surface area contributed by atoms with Gasteiger partial charge < -0.3 is 15.3 Å². The van der Waals surface area contributed by atoms with E-state index in [1.54, 1.807) is 13.1 Å². The van der Waals surface area contributed by atoms with E-state index in [4.69, 9.17) is 15.3 Å². The van der Waals surface area contributed by atoms with E-state index in [0.29, 0.717) is 12.0 Å². The van der Waals surface area contributed by atoms with E-state index in [0.717, 1.165) is 12.6 Å². The Balaban J connectivity index is 0.000000300. The van der Waals surface area contributed by atoms with Crippen LogP contribution in [0.15, 0.2) is 35.6 Å². The fourth-order valence-corrected chi connectivity index (χ4v) is 2.30. The van der Waals surface area contributed by atoms with Crippen molar-refractivity contribution in [2.45, 2.75) is 26.7 Å². The molecule has 0 fully saturated rings. The zero-order valence-corrected chi connectivity index (χ0v) is 13.4. The number of hydrogen-bond donors (Lipinski definition) is 4. The molecule has 1 aromatic rings. The SMILES string of the molecule is CC(=O)C1(C(=O)O)C=C(C)C=C(C(=O)O)C1.OCCc1cc[nH]n1. The average Bonchev–Trinajstić information content (AvgIpc) is 3.00. The largest absolute Gasteiger partial charge is 0.480 e. The van der Waals surface area contributed by atoms with Crippen LogP contribution in [0.1, 0.15) is 26.0 Å². The summed E-state index contributed by atoms with van der Waals surface area (Å²) in [6.07, 6.45) is 4.77. The van der Waals surface area contributed by atoms with Gasteiger partial charge in [-0.3, -0.25) is 14.7 Å². The van der Waals surface area contributed by atoms with Crippen molar-refractivity contribution >= 4 is 17.7 Å². The number of carbonyl (C=O) groups is 3. The molecule has 1 aliphatic carbocycles. The lowest BCUT2D eigenvalue weighted by molar-refractivity contribution is -0.151. The molecule has 0 saturated carbocycles. The van der Waals surface area contributed by atoms with Gasteiger partial charge in [0, 0.05) is 31.2 Å². The first-order valence-corrected chi connectivity index (χ1v) is 7.20. The maximum atomic E-state index is 11.4. The summed E-state index contributed by atoms with van der Waals surface area (Å²) in [5.74, 6) is -3.07. The average molecular weight is 336 g/mol. The second kappa shape index (κ2) is 8.21. The number of aliphatic carboxylic acids is 2. The Morgan fingerprint density at radius 1 is 1.33 bits per heavy atom. The Kier molecular flexibility index (Phi) is 6.60.